The molecule has 0 fully saturated rings. The lowest BCUT2D eigenvalue weighted by Gasteiger charge is -2.11. The number of carbonyl (C=O) groups is 1. The molecule has 7 nitrogen and oxygen atoms in total. The summed E-state index contributed by atoms with van der Waals surface area (Å²) in [5, 5.41) is 8.19. The molecule has 0 heterocycles. The van der Waals surface area contributed by atoms with E-state index in [1.165, 1.54) is 14.1 Å². The van der Waals surface area contributed by atoms with Gasteiger partial charge in [0.05, 0.1) is 6.61 Å². The lowest BCUT2D eigenvalue weighted by atomic mass is 10.7. The molecule has 0 spiro atoms. The zero-order valence-corrected chi connectivity index (χ0v) is 8.87. The predicted molar refractivity (Wildman–Crippen MR) is 49.1 cm³/mol. The third-order valence-corrected chi connectivity index (χ3v) is 2.77. The number of aliphatic carboxylic acids is 1. The number of hydrogen-bond donors (Lipinski definition) is 2. The Bertz CT molecular complexity index is 274. The number of hydrogen-bond acceptors (Lipinski definition) is 4. The van der Waals surface area contributed by atoms with Crippen LogP contribution in [0.15, 0.2) is 0 Å². The van der Waals surface area contributed by atoms with Gasteiger partial charge in [-0.3, -0.25) is 0 Å². The average molecular weight is 226 g/mol. The lowest BCUT2D eigenvalue weighted by Crippen LogP contribution is -2.37. The number of carboxylic acids is 1. The van der Waals surface area contributed by atoms with Gasteiger partial charge < -0.3 is 9.84 Å². The maximum atomic E-state index is 11.1. The highest BCUT2D eigenvalue weighted by Gasteiger charge is 2.11. The van der Waals surface area contributed by atoms with Crippen molar-refractivity contribution >= 4 is 16.2 Å². The normalized spacial score (nSPS) is 11.9. The van der Waals surface area contributed by atoms with Gasteiger partial charge in [0.15, 0.2) is 0 Å². The second kappa shape index (κ2) is 5.91. The van der Waals surface area contributed by atoms with E-state index in [9.17, 15) is 13.2 Å². The van der Waals surface area contributed by atoms with E-state index in [1.54, 1.807) is 0 Å². The molecule has 84 valence electrons. The third-order valence-electron chi connectivity index (χ3n) is 1.24. The smallest absolute Gasteiger partial charge is 0.329 e. The van der Waals surface area contributed by atoms with Gasteiger partial charge in [-0.25, -0.2) is 4.79 Å². The molecule has 0 aromatic carbocycles. The quantitative estimate of drug-likeness (QED) is 0.514. The van der Waals surface area contributed by atoms with Crippen LogP contribution in [0.5, 0.6) is 0 Å². The molecule has 0 unspecified atom stereocenters. The van der Waals surface area contributed by atoms with Gasteiger partial charge in [-0.05, 0) is 0 Å². The number of ether oxygens (including phenoxy) is 1. The maximum Gasteiger partial charge on any atom is 0.329 e. The molecule has 0 bridgehead atoms. The monoisotopic (exact) mass is 226 g/mol. The van der Waals surface area contributed by atoms with E-state index in [0.29, 0.717) is 0 Å². The Morgan fingerprint density at radius 1 is 1.50 bits per heavy atom. The second-order valence-corrected chi connectivity index (χ2v) is 4.60. The van der Waals surface area contributed by atoms with Crippen molar-refractivity contribution in [3.63, 3.8) is 0 Å². The van der Waals surface area contributed by atoms with Gasteiger partial charge in [-0.2, -0.15) is 17.4 Å². The second-order valence-electron chi connectivity index (χ2n) is 2.63. The molecule has 0 aromatic heterocycles. The molecule has 0 aliphatic rings. The van der Waals surface area contributed by atoms with Gasteiger partial charge in [0.1, 0.15) is 6.61 Å². The average Bonchev–Trinajstić information content (AvgIpc) is 2.02. The van der Waals surface area contributed by atoms with Gasteiger partial charge >= 0.3 is 5.97 Å². The Hall–Kier alpha value is -0.700. The SMILES string of the molecule is CN(C)S(=O)(=O)NCCOCC(=O)O. The molecule has 2 N–H and O–H groups in total. The summed E-state index contributed by atoms with van der Waals surface area (Å²) in [5.74, 6) is -1.08. The Kier molecular flexibility index (Phi) is 5.62. The van der Waals surface area contributed by atoms with E-state index in [1.807, 2.05) is 0 Å². The van der Waals surface area contributed by atoms with Crippen molar-refractivity contribution in [1.82, 2.24) is 9.03 Å². The van der Waals surface area contributed by atoms with Crippen molar-refractivity contribution < 1.29 is 23.1 Å². The minimum Gasteiger partial charge on any atom is -0.480 e. The van der Waals surface area contributed by atoms with Crippen LogP contribution < -0.4 is 4.72 Å². The molecule has 0 amide bonds. The molecule has 0 aliphatic carbocycles. The summed E-state index contributed by atoms with van der Waals surface area (Å²) in [5.41, 5.74) is 0. The highest BCUT2D eigenvalue weighted by molar-refractivity contribution is 7.87. The minimum atomic E-state index is -3.44. The van der Waals surface area contributed by atoms with Crippen molar-refractivity contribution in [2.45, 2.75) is 0 Å². The summed E-state index contributed by atoms with van der Waals surface area (Å²) < 4.78 is 30.0. The highest BCUT2D eigenvalue weighted by atomic mass is 32.2. The highest BCUT2D eigenvalue weighted by Crippen LogP contribution is 1.86. The first-order valence-corrected chi connectivity index (χ1v) is 5.27. The van der Waals surface area contributed by atoms with Gasteiger partial charge in [-0.15, -0.1) is 0 Å². The number of carboxylic acid groups (broad SMARTS) is 1. The first-order chi connectivity index (χ1) is 6.36. The fourth-order valence-corrected chi connectivity index (χ4v) is 1.13. The molecule has 8 heteroatoms. The van der Waals surface area contributed by atoms with Crippen molar-refractivity contribution in [1.29, 1.82) is 0 Å². The van der Waals surface area contributed by atoms with Crippen LogP contribution in [-0.2, 0) is 19.7 Å². The molecule has 0 aromatic rings. The molecule has 14 heavy (non-hydrogen) atoms. The Labute approximate surface area is 82.8 Å². The van der Waals surface area contributed by atoms with E-state index < -0.39 is 22.8 Å². The fraction of sp³-hybridized carbons (Fsp3) is 0.833. The summed E-state index contributed by atoms with van der Waals surface area (Å²) >= 11 is 0. The van der Waals surface area contributed by atoms with Crippen molar-refractivity contribution in [2.24, 2.45) is 0 Å². The molecule has 0 atom stereocenters. The van der Waals surface area contributed by atoms with Crippen LogP contribution in [0.1, 0.15) is 0 Å². The minimum absolute atomic E-state index is 0.0272. The number of nitrogens with one attached hydrogen (secondary N) is 1. The van der Waals surface area contributed by atoms with Crippen LogP contribution in [0, 0.1) is 0 Å². The van der Waals surface area contributed by atoms with Crippen LogP contribution in [-0.4, -0.2) is 57.7 Å². The van der Waals surface area contributed by atoms with E-state index in [0.717, 1.165) is 4.31 Å². The van der Waals surface area contributed by atoms with Crippen molar-refractivity contribution in [2.75, 3.05) is 33.9 Å². The fourth-order valence-electron chi connectivity index (χ4n) is 0.531. The van der Waals surface area contributed by atoms with Gasteiger partial charge in [0.2, 0.25) is 0 Å². The first-order valence-electron chi connectivity index (χ1n) is 3.83. The topological polar surface area (TPSA) is 95.9 Å². The van der Waals surface area contributed by atoms with Gasteiger partial charge in [0.25, 0.3) is 10.2 Å². The molecule has 0 aliphatic heterocycles. The lowest BCUT2D eigenvalue weighted by molar-refractivity contribution is -0.142. The Balaban J connectivity index is 3.60. The summed E-state index contributed by atoms with van der Waals surface area (Å²) in [6.07, 6.45) is 0. The predicted octanol–water partition coefficient (Wildman–Crippen LogP) is -1.52. The van der Waals surface area contributed by atoms with E-state index in [2.05, 4.69) is 9.46 Å². The summed E-state index contributed by atoms with van der Waals surface area (Å²) in [4.78, 5) is 10.00. The van der Waals surface area contributed by atoms with Crippen molar-refractivity contribution in [3.8, 4) is 0 Å². The Morgan fingerprint density at radius 2 is 2.07 bits per heavy atom. The van der Waals surface area contributed by atoms with E-state index in [4.69, 9.17) is 5.11 Å². The molecule has 0 saturated heterocycles. The molecule has 0 saturated carbocycles. The number of nitrogens with zero attached hydrogens (tertiary/aromatic N) is 1. The van der Waals surface area contributed by atoms with E-state index in [-0.39, 0.29) is 13.2 Å². The number of rotatable bonds is 7. The summed E-state index contributed by atoms with van der Waals surface area (Å²) in [6, 6.07) is 0. The first kappa shape index (κ1) is 13.3. The summed E-state index contributed by atoms with van der Waals surface area (Å²) in [7, 11) is -0.664. The van der Waals surface area contributed by atoms with Crippen LogP contribution in [0.3, 0.4) is 0 Å². The maximum absolute atomic E-state index is 11.1. The van der Waals surface area contributed by atoms with Crippen LogP contribution in [0.4, 0.5) is 0 Å². The molecule has 0 radical (unpaired) electrons. The summed E-state index contributed by atoms with van der Waals surface area (Å²) in [6.45, 7) is -0.350. The van der Waals surface area contributed by atoms with Crippen LogP contribution in [0.25, 0.3) is 0 Å². The van der Waals surface area contributed by atoms with Gasteiger partial charge in [0, 0.05) is 20.6 Å². The Morgan fingerprint density at radius 3 is 2.50 bits per heavy atom. The molecular weight excluding hydrogens is 212 g/mol. The zero-order valence-electron chi connectivity index (χ0n) is 8.06. The standard InChI is InChI=1S/C6H14N2O5S/c1-8(2)14(11,12)7-3-4-13-5-6(9)10/h7H,3-5H2,1-2H3,(H,9,10). The van der Waals surface area contributed by atoms with Crippen LogP contribution >= 0.6 is 0 Å². The molecule has 0 rings (SSSR count). The zero-order chi connectivity index (χ0) is 11.2. The largest absolute Gasteiger partial charge is 0.480 e. The van der Waals surface area contributed by atoms with Crippen LogP contribution in [0.2, 0.25) is 0 Å². The van der Waals surface area contributed by atoms with E-state index >= 15 is 0 Å². The third kappa shape index (κ3) is 5.86. The molecular formula is C6H14N2O5S. The van der Waals surface area contributed by atoms with Gasteiger partial charge in [-0.1, -0.05) is 0 Å². The van der Waals surface area contributed by atoms with Crippen molar-refractivity contribution in [3.05, 3.63) is 0 Å².